The Kier molecular flexibility index (Phi) is 6.52. The molecule has 7 heteroatoms. The lowest BCUT2D eigenvalue weighted by atomic mass is 10.0. The summed E-state index contributed by atoms with van der Waals surface area (Å²) in [5.74, 6) is 0.327. The molecule has 0 fully saturated rings. The number of carbonyl (C=O) groups is 1. The first-order chi connectivity index (χ1) is 12.9. The van der Waals surface area contributed by atoms with Crippen LogP contribution in [-0.4, -0.2) is 27.0 Å². The Labute approximate surface area is 167 Å². The molecule has 0 unspecified atom stereocenters. The highest BCUT2D eigenvalue weighted by molar-refractivity contribution is 7.89. The summed E-state index contributed by atoms with van der Waals surface area (Å²) in [6.45, 7) is 9.11. The monoisotopic (exact) mass is 404 g/mol. The Bertz CT molecular complexity index is 963. The van der Waals surface area contributed by atoms with Crippen LogP contribution >= 0.6 is 0 Å². The zero-order valence-electron chi connectivity index (χ0n) is 17.2. The smallest absolute Gasteiger partial charge is 0.251 e. The van der Waals surface area contributed by atoms with Crippen LogP contribution in [0.3, 0.4) is 0 Å². The first-order valence-corrected chi connectivity index (χ1v) is 10.5. The van der Waals surface area contributed by atoms with Gasteiger partial charge in [-0.2, -0.15) is 0 Å². The maximum absolute atomic E-state index is 12.7. The van der Waals surface area contributed by atoms with Crippen LogP contribution in [0.2, 0.25) is 0 Å². The van der Waals surface area contributed by atoms with Crippen LogP contribution in [0.4, 0.5) is 0 Å². The summed E-state index contributed by atoms with van der Waals surface area (Å²) in [6, 6.07) is 11.4. The zero-order chi connectivity index (χ0) is 21.1. The number of hydrogen-bond donors (Lipinski definition) is 2. The van der Waals surface area contributed by atoms with E-state index in [1.165, 1.54) is 12.1 Å². The average Bonchev–Trinajstić information content (AvgIpc) is 2.59. The van der Waals surface area contributed by atoms with Crippen molar-refractivity contribution in [2.75, 3.05) is 7.11 Å². The van der Waals surface area contributed by atoms with Gasteiger partial charge in [0.05, 0.1) is 18.0 Å². The standard InChI is InChI=1S/C21H28N2O4S/c1-14-10-11-19(27-6)18(12-14)15(2)22-20(24)16-8-7-9-17(13-16)28(25,26)23-21(3,4)5/h7-13,15,23H,1-6H3,(H,22,24)/t15-/m0/s1. The lowest BCUT2D eigenvalue weighted by molar-refractivity contribution is 0.0939. The highest BCUT2D eigenvalue weighted by Gasteiger charge is 2.23. The average molecular weight is 405 g/mol. The third-order valence-corrected chi connectivity index (χ3v) is 5.80. The molecule has 0 aromatic heterocycles. The van der Waals surface area contributed by atoms with Gasteiger partial charge in [-0.25, -0.2) is 13.1 Å². The molecule has 0 radical (unpaired) electrons. The minimum Gasteiger partial charge on any atom is -0.496 e. The van der Waals surface area contributed by atoms with E-state index in [2.05, 4.69) is 10.0 Å². The fourth-order valence-corrected chi connectivity index (χ4v) is 4.28. The normalized spacial score (nSPS) is 13.1. The van der Waals surface area contributed by atoms with E-state index in [1.54, 1.807) is 40.0 Å². The number of sulfonamides is 1. The van der Waals surface area contributed by atoms with Crippen LogP contribution in [0.5, 0.6) is 5.75 Å². The molecule has 0 heterocycles. The molecule has 2 aromatic carbocycles. The van der Waals surface area contributed by atoms with Crippen molar-refractivity contribution in [3.63, 3.8) is 0 Å². The summed E-state index contributed by atoms with van der Waals surface area (Å²) in [4.78, 5) is 12.8. The van der Waals surface area contributed by atoms with Crippen LogP contribution in [0, 0.1) is 6.92 Å². The predicted molar refractivity (Wildman–Crippen MR) is 110 cm³/mol. The number of rotatable bonds is 6. The van der Waals surface area contributed by atoms with Crippen molar-refractivity contribution >= 4 is 15.9 Å². The minimum absolute atomic E-state index is 0.0517. The number of aryl methyl sites for hydroxylation is 1. The van der Waals surface area contributed by atoms with E-state index in [4.69, 9.17) is 4.74 Å². The summed E-state index contributed by atoms with van der Waals surface area (Å²) >= 11 is 0. The molecule has 0 saturated carbocycles. The second-order valence-electron chi connectivity index (χ2n) is 7.82. The van der Waals surface area contributed by atoms with Gasteiger partial charge in [-0.05, 0) is 58.9 Å². The molecule has 0 aliphatic rings. The summed E-state index contributed by atoms with van der Waals surface area (Å²) in [6.07, 6.45) is 0. The second-order valence-corrected chi connectivity index (χ2v) is 9.51. The summed E-state index contributed by atoms with van der Waals surface area (Å²) < 4.78 is 33.0. The number of amides is 1. The van der Waals surface area contributed by atoms with Gasteiger partial charge in [0.1, 0.15) is 5.75 Å². The summed E-state index contributed by atoms with van der Waals surface area (Å²) in [5.41, 5.74) is 1.57. The maximum Gasteiger partial charge on any atom is 0.251 e. The molecule has 0 spiro atoms. The van der Waals surface area contributed by atoms with E-state index in [9.17, 15) is 13.2 Å². The largest absolute Gasteiger partial charge is 0.496 e. The molecule has 2 N–H and O–H groups in total. The third kappa shape index (κ3) is 5.56. The van der Waals surface area contributed by atoms with Crippen molar-refractivity contribution in [3.05, 3.63) is 59.2 Å². The van der Waals surface area contributed by atoms with Gasteiger partial charge >= 0.3 is 0 Å². The van der Waals surface area contributed by atoms with Crippen molar-refractivity contribution in [3.8, 4) is 5.75 Å². The van der Waals surface area contributed by atoms with Gasteiger partial charge in [0, 0.05) is 16.7 Å². The van der Waals surface area contributed by atoms with Crippen LogP contribution < -0.4 is 14.8 Å². The van der Waals surface area contributed by atoms with E-state index in [-0.39, 0.29) is 22.4 Å². The predicted octanol–water partition coefficient (Wildman–Crippen LogP) is 3.57. The number of hydrogen-bond acceptors (Lipinski definition) is 4. The molecular weight excluding hydrogens is 376 g/mol. The zero-order valence-corrected chi connectivity index (χ0v) is 18.0. The van der Waals surface area contributed by atoms with Gasteiger partial charge in [-0.15, -0.1) is 0 Å². The molecule has 152 valence electrons. The highest BCUT2D eigenvalue weighted by atomic mass is 32.2. The molecule has 0 aliphatic carbocycles. The van der Waals surface area contributed by atoms with Crippen molar-refractivity contribution in [1.29, 1.82) is 0 Å². The van der Waals surface area contributed by atoms with Crippen molar-refractivity contribution in [2.45, 2.75) is 51.1 Å². The topological polar surface area (TPSA) is 84.5 Å². The first-order valence-electron chi connectivity index (χ1n) is 9.02. The van der Waals surface area contributed by atoms with Gasteiger partial charge in [-0.3, -0.25) is 4.79 Å². The molecule has 28 heavy (non-hydrogen) atoms. The number of methoxy groups -OCH3 is 1. The lowest BCUT2D eigenvalue weighted by Crippen LogP contribution is -2.40. The molecule has 1 amide bonds. The quantitative estimate of drug-likeness (QED) is 0.771. The molecule has 6 nitrogen and oxygen atoms in total. The molecule has 0 bridgehead atoms. The van der Waals surface area contributed by atoms with Gasteiger partial charge in [-0.1, -0.05) is 23.8 Å². The highest BCUT2D eigenvalue weighted by Crippen LogP contribution is 2.26. The Hall–Kier alpha value is -2.38. The van der Waals surface area contributed by atoms with Gasteiger partial charge < -0.3 is 10.1 Å². The Morgan fingerprint density at radius 1 is 1.11 bits per heavy atom. The fraction of sp³-hybridized carbons (Fsp3) is 0.381. The second kappa shape index (κ2) is 8.32. The molecule has 0 saturated heterocycles. The molecule has 1 atom stereocenters. The lowest BCUT2D eigenvalue weighted by Gasteiger charge is -2.21. The Balaban J connectivity index is 2.25. The van der Waals surface area contributed by atoms with Crippen molar-refractivity contribution < 1.29 is 17.9 Å². The van der Waals surface area contributed by atoms with Gasteiger partial charge in [0.2, 0.25) is 10.0 Å². The molecule has 2 rings (SSSR count). The third-order valence-electron chi connectivity index (χ3n) is 4.05. The first kappa shape index (κ1) is 21.9. The molecule has 2 aromatic rings. The number of nitrogens with one attached hydrogen (secondary N) is 2. The Morgan fingerprint density at radius 2 is 1.79 bits per heavy atom. The maximum atomic E-state index is 12.7. The van der Waals surface area contributed by atoms with E-state index in [0.717, 1.165) is 11.1 Å². The number of benzene rings is 2. The summed E-state index contributed by atoms with van der Waals surface area (Å²) in [7, 11) is -2.14. The van der Waals surface area contributed by atoms with E-state index in [0.29, 0.717) is 5.75 Å². The number of ether oxygens (including phenoxy) is 1. The SMILES string of the molecule is COc1ccc(C)cc1[C@H](C)NC(=O)c1cccc(S(=O)(=O)NC(C)(C)C)c1. The van der Waals surface area contributed by atoms with E-state index >= 15 is 0 Å². The van der Waals surface area contributed by atoms with Crippen LogP contribution in [0.25, 0.3) is 0 Å². The number of carbonyl (C=O) groups excluding carboxylic acids is 1. The molecule has 0 aliphatic heterocycles. The Morgan fingerprint density at radius 3 is 2.39 bits per heavy atom. The van der Waals surface area contributed by atoms with E-state index in [1.807, 2.05) is 32.0 Å². The van der Waals surface area contributed by atoms with Gasteiger partial charge in [0.25, 0.3) is 5.91 Å². The summed E-state index contributed by atoms with van der Waals surface area (Å²) in [5, 5.41) is 2.91. The van der Waals surface area contributed by atoms with Crippen LogP contribution in [0.1, 0.15) is 55.2 Å². The van der Waals surface area contributed by atoms with Gasteiger partial charge in [0.15, 0.2) is 0 Å². The molecular formula is C21H28N2O4S. The van der Waals surface area contributed by atoms with Crippen molar-refractivity contribution in [1.82, 2.24) is 10.0 Å². The fourth-order valence-electron chi connectivity index (χ4n) is 2.82. The van der Waals surface area contributed by atoms with Crippen LogP contribution in [-0.2, 0) is 10.0 Å². The van der Waals surface area contributed by atoms with Crippen molar-refractivity contribution in [2.24, 2.45) is 0 Å². The van der Waals surface area contributed by atoms with Crippen LogP contribution in [0.15, 0.2) is 47.4 Å². The van der Waals surface area contributed by atoms with E-state index < -0.39 is 15.6 Å². The minimum atomic E-state index is -3.72.